The number of aromatic nitrogens is 4. The van der Waals surface area contributed by atoms with Gasteiger partial charge in [0, 0.05) is 37.8 Å². The lowest BCUT2D eigenvalue weighted by atomic mass is 10.4. The lowest BCUT2D eigenvalue weighted by Crippen LogP contribution is -2.08. The third kappa shape index (κ3) is 2.29. The molecule has 72 valence electrons. The molecule has 5 heteroatoms. The summed E-state index contributed by atoms with van der Waals surface area (Å²) in [6.45, 7) is 0.775. The first-order valence-electron chi connectivity index (χ1n) is 4.44. The number of hydrogen-bond acceptors (Lipinski definition) is 4. The molecule has 0 fully saturated rings. The molecule has 0 spiro atoms. The Morgan fingerprint density at radius 3 is 2.71 bits per heavy atom. The Labute approximate surface area is 81.6 Å². The standard InChI is InChI=1S/C9H11N5/c1-3-12-9(13-4-1)14-5-2-8-10-6-7-11-8/h1,3-4,6-7H,2,5H2,(H,10,11)(H,12,13,14). The molecule has 14 heavy (non-hydrogen) atoms. The Balaban J connectivity index is 1.79. The van der Waals surface area contributed by atoms with Crippen LogP contribution in [0.4, 0.5) is 5.95 Å². The van der Waals surface area contributed by atoms with Crippen LogP contribution in [0.5, 0.6) is 0 Å². The maximum absolute atomic E-state index is 4.11. The normalized spacial score (nSPS) is 10.0. The lowest BCUT2D eigenvalue weighted by Gasteiger charge is -2.01. The zero-order valence-electron chi connectivity index (χ0n) is 7.64. The molecule has 0 radical (unpaired) electrons. The van der Waals surface area contributed by atoms with Crippen molar-refractivity contribution in [1.82, 2.24) is 19.9 Å². The van der Waals surface area contributed by atoms with Gasteiger partial charge >= 0.3 is 0 Å². The minimum atomic E-state index is 0.652. The first-order valence-corrected chi connectivity index (χ1v) is 4.44. The molecule has 0 saturated heterocycles. The molecule has 2 aromatic heterocycles. The largest absolute Gasteiger partial charge is 0.354 e. The molecule has 0 aliphatic rings. The Hall–Kier alpha value is -1.91. The smallest absolute Gasteiger partial charge is 0.222 e. The zero-order valence-corrected chi connectivity index (χ0v) is 7.64. The number of imidazole rings is 1. The average Bonchev–Trinajstić information content (AvgIpc) is 2.72. The van der Waals surface area contributed by atoms with Crippen LogP contribution in [0.25, 0.3) is 0 Å². The van der Waals surface area contributed by atoms with Gasteiger partial charge in [0.15, 0.2) is 0 Å². The van der Waals surface area contributed by atoms with E-state index in [1.165, 1.54) is 0 Å². The number of hydrogen-bond donors (Lipinski definition) is 2. The number of nitrogens with zero attached hydrogens (tertiary/aromatic N) is 3. The Kier molecular flexibility index (Phi) is 2.70. The van der Waals surface area contributed by atoms with Gasteiger partial charge in [-0.3, -0.25) is 0 Å². The highest BCUT2D eigenvalue weighted by Crippen LogP contribution is 1.95. The van der Waals surface area contributed by atoms with Crippen LogP contribution in [0.1, 0.15) is 5.82 Å². The van der Waals surface area contributed by atoms with Crippen LogP contribution in [-0.2, 0) is 6.42 Å². The second kappa shape index (κ2) is 4.36. The first-order chi connectivity index (χ1) is 6.95. The molecule has 0 aliphatic heterocycles. The second-order valence-corrected chi connectivity index (χ2v) is 2.79. The third-order valence-electron chi connectivity index (χ3n) is 1.77. The average molecular weight is 189 g/mol. The monoisotopic (exact) mass is 189 g/mol. The number of aromatic amines is 1. The summed E-state index contributed by atoms with van der Waals surface area (Å²) in [6, 6.07) is 1.79. The van der Waals surface area contributed by atoms with E-state index in [2.05, 4.69) is 25.3 Å². The fourth-order valence-corrected chi connectivity index (χ4v) is 1.12. The van der Waals surface area contributed by atoms with Crippen LogP contribution in [0.2, 0.25) is 0 Å². The van der Waals surface area contributed by atoms with Crippen LogP contribution in [-0.4, -0.2) is 26.5 Å². The molecule has 0 unspecified atom stereocenters. The highest BCUT2D eigenvalue weighted by molar-refractivity contribution is 5.21. The van der Waals surface area contributed by atoms with Crippen molar-refractivity contribution >= 4 is 5.95 Å². The van der Waals surface area contributed by atoms with Crippen LogP contribution in [0, 0.1) is 0 Å². The van der Waals surface area contributed by atoms with E-state index in [0.29, 0.717) is 5.95 Å². The van der Waals surface area contributed by atoms with Gasteiger partial charge in [0.1, 0.15) is 5.82 Å². The third-order valence-corrected chi connectivity index (χ3v) is 1.77. The summed E-state index contributed by atoms with van der Waals surface area (Å²) in [7, 11) is 0. The summed E-state index contributed by atoms with van der Waals surface area (Å²) in [5.74, 6) is 1.62. The van der Waals surface area contributed by atoms with Crippen LogP contribution >= 0.6 is 0 Å². The molecule has 0 saturated carbocycles. The zero-order chi connectivity index (χ0) is 9.64. The number of anilines is 1. The minimum Gasteiger partial charge on any atom is -0.354 e. The van der Waals surface area contributed by atoms with E-state index in [4.69, 9.17) is 0 Å². The van der Waals surface area contributed by atoms with Crippen molar-refractivity contribution in [3.63, 3.8) is 0 Å². The SMILES string of the molecule is c1cnc(NCCc2ncc[nH]2)nc1. The molecule has 2 heterocycles. The fraction of sp³-hybridized carbons (Fsp3) is 0.222. The number of rotatable bonds is 4. The molecule has 0 aromatic carbocycles. The van der Waals surface area contributed by atoms with Gasteiger partial charge in [0.05, 0.1) is 0 Å². The van der Waals surface area contributed by atoms with Crippen LogP contribution < -0.4 is 5.32 Å². The molecular weight excluding hydrogens is 178 g/mol. The Morgan fingerprint density at radius 2 is 2.00 bits per heavy atom. The molecular formula is C9H11N5. The van der Waals surface area contributed by atoms with Gasteiger partial charge in [0.25, 0.3) is 0 Å². The maximum Gasteiger partial charge on any atom is 0.222 e. The van der Waals surface area contributed by atoms with Gasteiger partial charge in [-0.2, -0.15) is 0 Å². The second-order valence-electron chi connectivity index (χ2n) is 2.79. The molecule has 2 rings (SSSR count). The first kappa shape index (κ1) is 8.68. The van der Waals surface area contributed by atoms with Crippen molar-refractivity contribution in [3.8, 4) is 0 Å². The summed E-state index contributed by atoms with van der Waals surface area (Å²) in [4.78, 5) is 15.2. The number of H-pyrrole nitrogens is 1. The summed E-state index contributed by atoms with van der Waals surface area (Å²) in [6.07, 6.45) is 7.82. The predicted octanol–water partition coefficient (Wildman–Crippen LogP) is 0.854. The van der Waals surface area contributed by atoms with E-state index in [1.807, 2.05) is 6.20 Å². The van der Waals surface area contributed by atoms with Crippen molar-refractivity contribution in [2.45, 2.75) is 6.42 Å². The molecule has 5 nitrogen and oxygen atoms in total. The highest BCUT2D eigenvalue weighted by atomic mass is 15.1. The topological polar surface area (TPSA) is 66.5 Å². The van der Waals surface area contributed by atoms with Crippen molar-refractivity contribution in [1.29, 1.82) is 0 Å². The highest BCUT2D eigenvalue weighted by Gasteiger charge is 1.95. The quantitative estimate of drug-likeness (QED) is 0.748. The Morgan fingerprint density at radius 1 is 1.14 bits per heavy atom. The molecule has 2 aromatic rings. The van der Waals surface area contributed by atoms with Gasteiger partial charge in [-0.1, -0.05) is 0 Å². The molecule has 0 atom stereocenters. The van der Waals surface area contributed by atoms with Crippen LogP contribution in [0.3, 0.4) is 0 Å². The Bertz CT molecular complexity index is 356. The maximum atomic E-state index is 4.11. The van der Waals surface area contributed by atoms with Crippen molar-refractivity contribution in [2.75, 3.05) is 11.9 Å². The van der Waals surface area contributed by atoms with Gasteiger partial charge < -0.3 is 10.3 Å². The summed E-state index contributed by atoms with van der Waals surface area (Å²) in [5, 5.41) is 3.10. The van der Waals surface area contributed by atoms with Crippen molar-refractivity contribution in [3.05, 3.63) is 36.7 Å². The van der Waals surface area contributed by atoms with Gasteiger partial charge in [0.2, 0.25) is 5.95 Å². The molecule has 0 aliphatic carbocycles. The van der Waals surface area contributed by atoms with Gasteiger partial charge in [-0.05, 0) is 6.07 Å². The van der Waals surface area contributed by atoms with E-state index in [0.717, 1.165) is 18.8 Å². The minimum absolute atomic E-state index is 0.652. The summed E-state index contributed by atoms with van der Waals surface area (Å²) in [5.41, 5.74) is 0. The fourth-order valence-electron chi connectivity index (χ4n) is 1.12. The van der Waals surface area contributed by atoms with E-state index in [-0.39, 0.29) is 0 Å². The van der Waals surface area contributed by atoms with E-state index >= 15 is 0 Å². The van der Waals surface area contributed by atoms with E-state index in [1.54, 1.807) is 24.7 Å². The molecule has 2 N–H and O–H groups in total. The predicted molar refractivity (Wildman–Crippen MR) is 52.8 cm³/mol. The van der Waals surface area contributed by atoms with Crippen molar-refractivity contribution < 1.29 is 0 Å². The lowest BCUT2D eigenvalue weighted by molar-refractivity contribution is 0.912. The van der Waals surface area contributed by atoms with Gasteiger partial charge in [-0.25, -0.2) is 15.0 Å². The van der Waals surface area contributed by atoms with Crippen molar-refractivity contribution in [2.24, 2.45) is 0 Å². The van der Waals surface area contributed by atoms with Crippen LogP contribution in [0.15, 0.2) is 30.9 Å². The van der Waals surface area contributed by atoms with E-state index in [9.17, 15) is 0 Å². The summed E-state index contributed by atoms with van der Waals surface area (Å²) >= 11 is 0. The molecule has 0 bridgehead atoms. The van der Waals surface area contributed by atoms with E-state index < -0.39 is 0 Å². The van der Waals surface area contributed by atoms with Gasteiger partial charge in [-0.15, -0.1) is 0 Å². The number of nitrogens with one attached hydrogen (secondary N) is 2. The molecule has 0 amide bonds. The summed E-state index contributed by atoms with van der Waals surface area (Å²) < 4.78 is 0.